The number of hydrogen-bond donors (Lipinski definition) is 0. The van der Waals surface area contributed by atoms with Crippen LogP contribution < -0.4 is 0 Å². The Kier molecular flexibility index (Phi) is 5.56. The molecule has 0 radical (unpaired) electrons. The summed E-state index contributed by atoms with van der Waals surface area (Å²) in [5.41, 5.74) is 1.21. The maximum atomic E-state index is 12.9. The number of carbonyl (C=O) groups is 1. The number of nitro benzene ring substituents is 1. The molecule has 1 aliphatic carbocycles. The molecule has 0 N–H and O–H groups in total. The van der Waals surface area contributed by atoms with Crippen molar-refractivity contribution >= 4 is 46.0 Å². The molecule has 0 bridgehead atoms. The van der Waals surface area contributed by atoms with Gasteiger partial charge >= 0.3 is 0 Å². The fraction of sp³-hybridized carbons (Fsp3) is 0.333. The van der Waals surface area contributed by atoms with E-state index in [0.29, 0.717) is 26.3 Å². The van der Waals surface area contributed by atoms with Crippen molar-refractivity contribution in [2.24, 2.45) is 0 Å². The first-order chi connectivity index (χ1) is 13.9. The van der Waals surface area contributed by atoms with Gasteiger partial charge in [-0.1, -0.05) is 49.3 Å². The van der Waals surface area contributed by atoms with Crippen LogP contribution in [0.15, 0.2) is 39.7 Å². The molecule has 2 heterocycles. The molecule has 1 amide bonds. The van der Waals surface area contributed by atoms with Crippen LogP contribution in [-0.2, 0) is 4.79 Å². The predicted molar refractivity (Wildman–Crippen MR) is 117 cm³/mol. The van der Waals surface area contributed by atoms with Gasteiger partial charge < -0.3 is 4.42 Å². The molecule has 1 saturated heterocycles. The van der Waals surface area contributed by atoms with E-state index < -0.39 is 4.92 Å². The number of thiocarbonyl (C=S) groups is 1. The minimum Gasteiger partial charge on any atom is -0.456 e. The molecule has 2 fully saturated rings. The Bertz CT molecular complexity index is 1020. The van der Waals surface area contributed by atoms with E-state index in [0.717, 1.165) is 31.2 Å². The Morgan fingerprint density at radius 1 is 1.24 bits per heavy atom. The van der Waals surface area contributed by atoms with Crippen LogP contribution in [-0.4, -0.2) is 26.1 Å². The fourth-order valence-corrected chi connectivity index (χ4v) is 5.22. The van der Waals surface area contributed by atoms with Crippen molar-refractivity contribution in [1.29, 1.82) is 0 Å². The van der Waals surface area contributed by atoms with Crippen LogP contribution in [0, 0.1) is 17.0 Å². The van der Waals surface area contributed by atoms with Crippen molar-refractivity contribution < 1.29 is 14.1 Å². The molecule has 1 saturated carbocycles. The molecule has 29 heavy (non-hydrogen) atoms. The van der Waals surface area contributed by atoms with E-state index in [1.165, 1.54) is 24.2 Å². The monoisotopic (exact) mass is 428 g/mol. The lowest BCUT2D eigenvalue weighted by atomic mass is 9.94. The summed E-state index contributed by atoms with van der Waals surface area (Å²) in [6.45, 7) is 1.80. The van der Waals surface area contributed by atoms with Gasteiger partial charge in [0, 0.05) is 18.2 Å². The maximum Gasteiger partial charge on any atom is 0.280 e. The molecule has 8 heteroatoms. The van der Waals surface area contributed by atoms with Crippen molar-refractivity contribution in [3.05, 3.63) is 56.7 Å². The average molecular weight is 429 g/mol. The third-order valence-electron chi connectivity index (χ3n) is 5.28. The Morgan fingerprint density at radius 3 is 2.72 bits per heavy atom. The third-order valence-corrected chi connectivity index (χ3v) is 6.61. The quantitative estimate of drug-likeness (QED) is 0.269. The summed E-state index contributed by atoms with van der Waals surface area (Å²) < 4.78 is 6.41. The van der Waals surface area contributed by atoms with Gasteiger partial charge in [0.2, 0.25) is 0 Å². The topological polar surface area (TPSA) is 76.6 Å². The normalized spacial score (nSPS) is 19.3. The van der Waals surface area contributed by atoms with Crippen molar-refractivity contribution in [1.82, 2.24) is 4.90 Å². The average Bonchev–Trinajstić information content (AvgIpc) is 3.27. The molecule has 0 spiro atoms. The van der Waals surface area contributed by atoms with Crippen molar-refractivity contribution in [3.63, 3.8) is 0 Å². The summed E-state index contributed by atoms with van der Waals surface area (Å²) in [5.74, 6) is 0.788. The fourth-order valence-electron chi connectivity index (χ4n) is 3.84. The molecule has 2 aliphatic rings. The molecule has 0 unspecified atom stereocenters. The summed E-state index contributed by atoms with van der Waals surface area (Å²) in [5, 5.41) is 11.4. The van der Waals surface area contributed by atoms with Gasteiger partial charge in [0.25, 0.3) is 11.6 Å². The van der Waals surface area contributed by atoms with E-state index in [1.807, 2.05) is 0 Å². The largest absolute Gasteiger partial charge is 0.456 e. The van der Waals surface area contributed by atoms with E-state index in [2.05, 4.69) is 0 Å². The second-order valence-corrected chi connectivity index (χ2v) is 9.00. The Balaban J connectivity index is 1.59. The van der Waals surface area contributed by atoms with Crippen molar-refractivity contribution in [3.8, 4) is 11.3 Å². The van der Waals surface area contributed by atoms with Gasteiger partial charge in [0.15, 0.2) is 0 Å². The first-order valence-corrected chi connectivity index (χ1v) is 10.8. The number of rotatable bonds is 4. The SMILES string of the molecule is Cc1ccc(-c2ccc(/C=C3\SC(=S)N(C4CCCCC4)C3=O)o2)c([N+](=O)[O-])c1. The zero-order valence-electron chi connectivity index (χ0n) is 15.9. The van der Waals surface area contributed by atoms with Crippen molar-refractivity contribution in [2.45, 2.75) is 45.1 Å². The van der Waals surface area contributed by atoms with Crippen LogP contribution in [0.2, 0.25) is 0 Å². The Labute approximate surface area is 178 Å². The van der Waals surface area contributed by atoms with Crippen LogP contribution in [0.3, 0.4) is 0 Å². The van der Waals surface area contributed by atoms with Gasteiger partial charge in [-0.3, -0.25) is 19.8 Å². The highest BCUT2D eigenvalue weighted by atomic mass is 32.2. The molecule has 1 aromatic carbocycles. The zero-order valence-corrected chi connectivity index (χ0v) is 17.6. The lowest BCUT2D eigenvalue weighted by Gasteiger charge is -2.29. The molecular weight excluding hydrogens is 408 g/mol. The lowest BCUT2D eigenvalue weighted by molar-refractivity contribution is -0.384. The number of carbonyl (C=O) groups excluding carboxylic acids is 1. The Morgan fingerprint density at radius 2 is 2.00 bits per heavy atom. The number of thioether (sulfide) groups is 1. The maximum absolute atomic E-state index is 12.9. The molecule has 1 aliphatic heterocycles. The van der Waals surface area contributed by atoms with Crippen LogP contribution in [0.4, 0.5) is 5.69 Å². The first kappa shape index (κ1) is 19.8. The van der Waals surface area contributed by atoms with Gasteiger partial charge in [-0.2, -0.15) is 0 Å². The number of hydrogen-bond acceptors (Lipinski definition) is 6. The van der Waals surface area contributed by atoms with Crippen LogP contribution in [0.5, 0.6) is 0 Å². The van der Waals surface area contributed by atoms with E-state index in [1.54, 1.807) is 42.2 Å². The number of nitro groups is 1. The van der Waals surface area contributed by atoms with E-state index in [4.69, 9.17) is 16.6 Å². The minimum atomic E-state index is -0.417. The zero-order chi connectivity index (χ0) is 20.5. The summed E-state index contributed by atoms with van der Waals surface area (Å²) in [6.07, 6.45) is 7.10. The number of benzene rings is 1. The summed E-state index contributed by atoms with van der Waals surface area (Å²) in [6, 6.07) is 8.59. The third kappa shape index (κ3) is 4.00. The summed E-state index contributed by atoms with van der Waals surface area (Å²) in [4.78, 5) is 26.1. The number of aryl methyl sites for hydroxylation is 1. The van der Waals surface area contributed by atoms with Gasteiger partial charge in [-0.25, -0.2) is 0 Å². The van der Waals surface area contributed by atoms with E-state index >= 15 is 0 Å². The van der Waals surface area contributed by atoms with Gasteiger partial charge in [-0.15, -0.1) is 0 Å². The van der Waals surface area contributed by atoms with Crippen LogP contribution in [0.1, 0.15) is 43.4 Å². The minimum absolute atomic E-state index is 0.00507. The molecule has 4 rings (SSSR count). The Hall–Kier alpha value is -2.45. The highest BCUT2D eigenvalue weighted by molar-refractivity contribution is 8.26. The molecular formula is C21H20N2O4S2. The highest BCUT2D eigenvalue weighted by Crippen LogP contribution is 2.38. The molecule has 2 aromatic rings. The van der Waals surface area contributed by atoms with E-state index in [-0.39, 0.29) is 17.6 Å². The van der Waals surface area contributed by atoms with Crippen LogP contribution in [0.25, 0.3) is 17.4 Å². The molecule has 6 nitrogen and oxygen atoms in total. The number of furan rings is 1. The van der Waals surface area contributed by atoms with E-state index in [9.17, 15) is 14.9 Å². The van der Waals surface area contributed by atoms with Gasteiger partial charge in [0.1, 0.15) is 15.8 Å². The first-order valence-electron chi connectivity index (χ1n) is 9.56. The predicted octanol–water partition coefficient (Wildman–Crippen LogP) is 5.70. The second-order valence-electron chi connectivity index (χ2n) is 7.32. The number of amides is 1. The summed E-state index contributed by atoms with van der Waals surface area (Å²) >= 11 is 6.74. The molecule has 1 aromatic heterocycles. The number of nitrogens with zero attached hydrogens (tertiary/aromatic N) is 2. The molecule has 0 atom stereocenters. The smallest absolute Gasteiger partial charge is 0.280 e. The van der Waals surface area contributed by atoms with Gasteiger partial charge in [-0.05, 0) is 43.5 Å². The molecule has 150 valence electrons. The highest BCUT2D eigenvalue weighted by Gasteiger charge is 2.37. The van der Waals surface area contributed by atoms with Gasteiger partial charge in [0.05, 0.1) is 15.4 Å². The van der Waals surface area contributed by atoms with Crippen LogP contribution >= 0.6 is 24.0 Å². The lowest BCUT2D eigenvalue weighted by Crippen LogP contribution is -2.39. The second kappa shape index (κ2) is 8.12. The van der Waals surface area contributed by atoms with Crippen molar-refractivity contribution in [2.75, 3.05) is 0 Å². The summed E-state index contributed by atoms with van der Waals surface area (Å²) in [7, 11) is 0. The standard InChI is InChI=1S/C21H20N2O4S2/c1-13-7-9-16(17(11-13)23(25)26)18-10-8-15(27-18)12-19-20(24)22(21(28)29-19)14-5-3-2-4-6-14/h7-12,14H,2-6H2,1H3/b19-12-.